The maximum Gasteiger partial charge on any atom is 0.259 e. The van der Waals surface area contributed by atoms with Gasteiger partial charge in [-0.2, -0.15) is 5.10 Å². The van der Waals surface area contributed by atoms with Crippen molar-refractivity contribution in [2.45, 2.75) is 13.8 Å². The molecular formula is C17H18BrN3O. The third kappa shape index (κ3) is 4.70. The molecule has 0 saturated carbocycles. The molecule has 0 spiro atoms. The Balaban J connectivity index is 1.86. The summed E-state index contributed by atoms with van der Waals surface area (Å²) in [7, 11) is 0. The first kappa shape index (κ1) is 16.2. The Morgan fingerprint density at radius 3 is 2.55 bits per heavy atom. The Hall–Kier alpha value is -2.14. The fraction of sp³-hybridized carbons (Fsp3) is 0.176. The second-order valence-corrected chi connectivity index (χ2v) is 5.88. The molecule has 2 N–H and O–H groups in total. The highest BCUT2D eigenvalue weighted by atomic mass is 79.9. The van der Waals surface area contributed by atoms with Gasteiger partial charge in [0.15, 0.2) is 0 Å². The number of aryl methyl sites for hydroxylation is 2. The lowest BCUT2D eigenvalue weighted by atomic mass is 10.1. The third-order valence-electron chi connectivity index (χ3n) is 3.16. The molecule has 4 nitrogen and oxygen atoms in total. The first-order valence-electron chi connectivity index (χ1n) is 6.94. The second-order valence-electron chi connectivity index (χ2n) is 4.97. The van der Waals surface area contributed by atoms with Crippen LogP contribution in [0.25, 0.3) is 0 Å². The molecule has 0 aliphatic carbocycles. The van der Waals surface area contributed by atoms with Gasteiger partial charge in [-0.05, 0) is 42.7 Å². The van der Waals surface area contributed by atoms with Gasteiger partial charge in [-0.25, -0.2) is 5.43 Å². The van der Waals surface area contributed by atoms with Gasteiger partial charge in [0.05, 0.1) is 12.8 Å². The molecule has 0 radical (unpaired) electrons. The van der Waals surface area contributed by atoms with Crippen molar-refractivity contribution in [3.8, 4) is 0 Å². The van der Waals surface area contributed by atoms with Gasteiger partial charge in [0.2, 0.25) is 0 Å². The van der Waals surface area contributed by atoms with Crippen molar-refractivity contribution >= 4 is 33.7 Å². The van der Waals surface area contributed by atoms with Gasteiger partial charge in [-0.15, -0.1) is 0 Å². The van der Waals surface area contributed by atoms with Crippen LogP contribution in [0.3, 0.4) is 0 Å². The molecule has 2 aromatic rings. The van der Waals surface area contributed by atoms with Crippen molar-refractivity contribution in [2.24, 2.45) is 5.10 Å². The summed E-state index contributed by atoms with van der Waals surface area (Å²) in [4.78, 5) is 11.8. The van der Waals surface area contributed by atoms with Crippen molar-refractivity contribution < 1.29 is 4.79 Å². The minimum atomic E-state index is -0.186. The number of halogens is 1. The summed E-state index contributed by atoms with van der Waals surface area (Å²) in [5.74, 6) is -0.186. The number of carbonyl (C=O) groups is 1. The van der Waals surface area contributed by atoms with E-state index in [-0.39, 0.29) is 12.5 Å². The zero-order valence-electron chi connectivity index (χ0n) is 12.6. The Morgan fingerprint density at radius 2 is 1.86 bits per heavy atom. The van der Waals surface area contributed by atoms with Crippen LogP contribution in [0, 0.1) is 13.8 Å². The summed E-state index contributed by atoms with van der Waals surface area (Å²) in [6.07, 6.45) is 1.61. The van der Waals surface area contributed by atoms with E-state index in [1.54, 1.807) is 6.21 Å². The molecule has 5 heteroatoms. The third-order valence-corrected chi connectivity index (χ3v) is 3.65. The molecule has 2 rings (SSSR count). The number of carbonyl (C=O) groups excluding carboxylic acids is 1. The summed E-state index contributed by atoms with van der Waals surface area (Å²) < 4.78 is 0.972. The van der Waals surface area contributed by atoms with Crippen LogP contribution >= 0.6 is 15.9 Å². The number of hydrogen-bond acceptors (Lipinski definition) is 3. The Bertz CT molecular complexity index is 678. The minimum absolute atomic E-state index is 0.182. The van der Waals surface area contributed by atoms with Gasteiger partial charge in [0.25, 0.3) is 5.91 Å². The number of hydrazone groups is 1. The van der Waals surface area contributed by atoms with Crippen LogP contribution in [0.1, 0.15) is 16.7 Å². The molecule has 0 aromatic heterocycles. The fourth-order valence-electron chi connectivity index (χ4n) is 2.07. The van der Waals surface area contributed by atoms with E-state index in [9.17, 15) is 4.79 Å². The van der Waals surface area contributed by atoms with E-state index >= 15 is 0 Å². The predicted octanol–water partition coefficient (Wildman–Crippen LogP) is 3.63. The SMILES string of the molecule is Cc1cccc(C)c1NCC(=O)N/N=C\c1cccc(Br)c1. The number of benzene rings is 2. The highest BCUT2D eigenvalue weighted by Gasteiger charge is 2.04. The summed E-state index contributed by atoms with van der Waals surface area (Å²) in [5.41, 5.74) is 6.65. The van der Waals surface area contributed by atoms with Gasteiger partial charge < -0.3 is 5.32 Å². The van der Waals surface area contributed by atoms with E-state index in [4.69, 9.17) is 0 Å². The lowest BCUT2D eigenvalue weighted by Crippen LogP contribution is -2.26. The summed E-state index contributed by atoms with van der Waals surface area (Å²) >= 11 is 3.39. The smallest absolute Gasteiger partial charge is 0.259 e. The summed E-state index contributed by atoms with van der Waals surface area (Å²) in [6.45, 7) is 4.21. The van der Waals surface area contributed by atoms with Crippen LogP contribution < -0.4 is 10.7 Å². The van der Waals surface area contributed by atoms with Crippen LogP contribution in [0.4, 0.5) is 5.69 Å². The van der Waals surface area contributed by atoms with Crippen LogP contribution in [0.2, 0.25) is 0 Å². The molecule has 1 amide bonds. The average Bonchev–Trinajstić information content (AvgIpc) is 2.47. The molecule has 0 saturated heterocycles. The first-order valence-corrected chi connectivity index (χ1v) is 7.73. The molecule has 0 atom stereocenters. The maximum absolute atomic E-state index is 11.8. The molecule has 0 heterocycles. The van der Waals surface area contributed by atoms with Crippen molar-refractivity contribution in [2.75, 3.05) is 11.9 Å². The summed E-state index contributed by atoms with van der Waals surface area (Å²) in [6, 6.07) is 13.7. The lowest BCUT2D eigenvalue weighted by Gasteiger charge is -2.11. The van der Waals surface area contributed by atoms with E-state index in [0.717, 1.165) is 26.9 Å². The van der Waals surface area contributed by atoms with Crippen LogP contribution in [0.15, 0.2) is 52.0 Å². The van der Waals surface area contributed by atoms with Gasteiger partial charge >= 0.3 is 0 Å². The molecule has 0 aliphatic rings. The van der Waals surface area contributed by atoms with Crippen molar-refractivity contribution in [1.82, 2.24) is 5.43 Å². The van der Waals surface area contributed by atoms with Crippen LogP contribution in [0.5, 0.6) is 0 Å². The zero-order valence-corrected chi connectivity index (χ0v) is 14.1. The summed E-state index contributed by atoms with van der Waals surface area (Å²) in [5, 5.41) is 7.10. The van der Waals surface area contributed by atoms with E-state index in [1.807, 2.05) is 56.3 Å². The molecule has 0 aliphatic heterocycles. The van der Waals surface area contributed by atoms with Crippen molar-refractivity contribution in [3.05, 3.63) is 63.6 Å². The van der Waals surface area contributed by atoms with E-state index < -0.39 is 0 Å². The highest BCUT2D eigenvalue weighted by Crippen LogP contribution is 2.18. The van der Waals surface area contributed by atoms with E-state index in [1.165, 1.54) is 0 Å². The number of anilines is 1. The van der Waals surface area contributed by atoms with Gasteiger partial charge in [-0.1, -0.05) is 46.3 Å². The lowest BCUT2D eigenvalue weighted by molar-refractivity contribution is -0.119. The first-order chi connectivity index (χ1) is 10.6. The number of amides is 1. The van der Waals surface area contributed by atoms with Crippen LogP contribution in [-0.2, 0) is 4.79 Å². The number of rotatable bonds is 5. The molecular weight excluding hydrogens is 342 g/mol. The monoisotopic (exact) mass is 359 g/mol. The topological polar surface area (TPSA) is 53.5 Å². The van der Waals surface area contributed by atoms with Crippen molar-refractivity contribution in [3.63, 3.8) is 0 Å². The quantitative estimate of drug-likeness (QED) is 0.632. The number of para-hydroxylation sites is 1. The fourth-order valence-corrected chi connectivity index (χ4v) is 2.48. The number of hydrogen-bond donors (Lipinski definition) is 2. The standard InChI is InChI=1S/C17H18BrN3O/c1-12-5-3-6-13(2)17(12)19-11-16(22)21-20-10-14-7-4-8-15(18)9-14/h3-10,19H,11H2,1-2H3,(H,21,22)/b20-10-. The molecule has 0 bridgehead atoms. The Kier molecular flexibility index (Phi) is 5.72. The highest BCUT2D eigenvalue weighted by molar-refractivity contribution is 9.10. The zero-order chi connectivity index (χ0) is 15.9. The molecule has 114 valence electrons. The molecule has 0 fully saturated rings. The minimum Gasteiger partial charge on any atom is -0.376 e. The van der Waals surface area contributed by atoms with E-state index in [0.29, 0.717) is 0 Å². The molecule has 0 unspecified atom stereocenters. The normalized spacial score (nSPS) is 10.7. The second kappa shape index (κ2) is 7.75. The maximum atomic E-state index is 11.8. The largest absolute Gasteiger partial charge is 0.376 e. The Labute approximate surface area is 138 Å². The van der Waals surface area contributed by atoms with Crippen molar-refractivity contribution in [1.29, 1.82) is 0 Å². The van der Waals surface area contributed by atoms with Gasteiger partial charge in [-0.3, -0.25) is 4.79 Å². The Morgan fingerprint density at radius 1 is 1.18 bits per heavy atom. The molecule has 2 aromatic carbocycles. The predicted molar refractivity (Wildman–Crippen MR) is 94.3 cm³/mol. The van der Waals surface area contributed by atoms with Gasteiger partial charge in [0, 0.05) is 10.2 Å². The van der Waals surface area contributed by atoms with Gasteiger partial charge in [0.1, 0.15) is 0 Å². The average molecular weight is 360 g/mol. The number of nitrogens with zero attached hydrogens (tertiary/aromatic N) is 1. The molecule has 22 heavy (non-hydrogen) atoms. The number of nitrogens with one attached hydrogen (secondary N) is 2. The van der Waals surface area contributed by atoms with Crippen LogP contribution in [-0.4, -0.2) is 18.7 Å². The van der Waals surface area contributed by atoms with E-state index in [2.05, 4.69) is 31.8 Å².